The van der Waals surface area contributed by atoms with Gasteiger partial charge in [-0.1, -0.05) is 32.9 Å². The summed E-state index contributed by atoms with van der Waals surface area (Å²) in [5, 5.41) is 14.8. The number of ether oxygens (including phenoxy) is 1. The van der Waals surface area contributed by atoms with Crippen LogP contribution in [0.3, 0.4) is 0 Å². The van der Waals surface area contributed by atoms with Gasteiger partial charge in [-0.15, -0.1) is 0 Å². The average Bonchev–Trinajstić information content (AvgIpc) is 2.77. The van der Waals surface area contributed by atoms with Gasteiger partial charge in [0.2, 0.25) is 0 Å². The van der Waals surface area contributed by atoms with Crippen molar-refractivity contribution in [2.24, 2.45) is 5.41 Å². The van der Waals surface area contributed by atoms with Crippen molar-refractivity contribution < 1.29 is 14.5 Å². The van der Waals surface area contributed by atoms with Gasteiger partial charge < -0.3 is 15.8 Å². The summed E-state index contributed by atoms with van der Waals surface area (Å²) >= 11 is 0. The molecule has 1 unspecified atom stereocenters. The number of nitrogen functional groups attached to an aromatic ring is 1. The number of methoxy groups -OCH3 is 1. The summed E-state index contributed by atoms with van der Waals surface area (Å²) < 4.78 is 5.12. The van der Waals surface area contributed by atoms with E-state index in [1.54, 1.807) is 12.1 Å². The van der Waals surface area contributed by atoms with Crippen molar-refractivity contribution in [3.63, 3.8) is 0 Å². The topological polar surface area (TPSA) is 120 Å². The summed E-state index contributed by atoms with van der Waals surface area (Å²) in [7, 11) is 1.33. The van der Waals surface area contributed by atoms with Crippen molar-refractivity contribution in [3.05, 3.63) is 68.0 Å². The second-order valence-electron chi connectivity index (χ2n) is 9.20. The molecular weight excluding hydrogens is 408 g/mol. The van der Waals surface area contributed by atoms with Crippen LogP contribution in [-0.4, -0.2) is 23.0 Å². The van der Waals surface area contributed by atoms with E-state index < -0.39 is 16.8 Å². The standard InChI is InChI=1S/C24H28N4O4/c1-5-16-19(23(29)32-4)18(13-7-6-8-14(11-13)28(30)31)20-21(25)15-12-24(2,3)10-9-17(15)27-22(20)26-16/h6-8,11,18H,5,9-10,12H2,1-4H3,(H3,25,26,27). The fraction of sp³-hybridized carbons (Fsp3) is 0.417. The Labute approximate surface area is 187 Å². The molecule has 0 fully saturated rings. The lowest BCUT2D eigenvalue weighted by atomic mass is 9.73. The highest BCUT2D eigenvalue weighted by Gasteiger charge is 2.39. The molecular formula is C24H28N4O4. The number of nitrogens with zero attached hydrogens (tertiary/aromatic N) is 2. The number of nitro benzene ring substituents is 1. The number of fused-ring (bicyclic) bond motifs is 2. The Morgan fingerprint density at radius 2 is 2.16 bits per heavy atom. The predicted octanol–water partition coefficient (Wildman–Crippen LogP) is 4.48. The highest BCUT2D eigenvalue weighted by molar-refractivity contribution is 5.95. The van der Waals surface area contributed by atoms with Gasteiger partial charge in [0.05, 0.1) is 17.6 Å². The molecule has 0 radical (unpaired) electrons. The van der Waals surface area contributed by atoms with Gasteiger partial charge >= 0.3 is 5.97 Å². The Bertz CT molecular complexity index is 1150. The average molecular weight is 437 g/mol. The monoisotopic (exact) mass is 436 g/mol. The van der Waals surface area contributed by atoms with E-state index in [-0.39, 0.29) is 11.1 Å². The lowest BCUT2D eigenvalue weighted by Gasteiger charge is -2.36. The number of allylic oxidation sites excluding steroid dienone is 1. The van der Waals surface area contributed by atoms with Gasteiger partial charge in [-0.05, 0) is 42.2 Å². The van der Waals surface area contributed by atoms with Gasteiger partial charge in [0.25, 0.3) is 5.69 Å². The number of aryl methyl sites for hydroxylation is 1. The molecule has 1 aliphatic heterocycles. The number of hydrogen-bond donors (Lipinski definition) is 2. The number of esters is 1. The molecule has 1 aromatic heterocycles. The van der Waals surface area contributed by atoms with Gasteiger partial charge in [0, 0.05) is 40.7 Å². The zero-order valence-electron chi connectivity index (χ0n) is 18.8. The lowest BCUT2D eigenvalue weighted by molar-refractivity contribution is -0.384. The maximum absolute atomic E-state index is 12.9. The van der Waals surface area contributed by atoms with Gasteiger partial charge in [-0.25, -0.2) is 9.78 Å². The van der Waals surface area contributed by atoms with Crippen molar-refractivity contribution >= 4 is 23.2 Å². The van der Waals surface area contributed by atoms with Crippen molar-refractivity contribution in [2.75, 3.05) is 18.2 Å². The number of nitrogens with one attached hydrogen (secondary N) is 1. The Morgan fingerprint density at radius 1 is 1.41 bits per heavy atom. The van der Waals surface area contributed by atoms with Crippen LogP contribution in [0.1, 0.15) is 61.9 Å². The SMILES string of the molecule is CCC1=C(C(=O)OC)C(c2cccc([N+](=O)[O-])c2)c2c(nc3c(c2N)CC(C)(C)CC3)N1. The van der Waals surface area contributed by atoms with E-state index in [2.05, 4.69) is 19.2 Å². The number of anilines is 2. The maximum Gasteiger partial charge on any atom is 0.336 e. The van der Waals surface area contributed by atoms with Crippen LogP contribution in [0.15, 0.2) is 35.5 Å². The number of aromatic nitrogens is 1. The van der Waals surface area contributed by atoms with Gasteiger partial charge in [-0.2, -0.15) is 0 Å². The Morgan fingerprint density at radius 3 is 2.81 bits per heavy atom. The largest absolute Gasteiger partial charge is 0.466 e. The normalized spacial score (nSPS) is 18.9. The molecule has 3 N–H and O–H groups in total. The first-order chi connectivity index (χ1) is 15.2. The number of non-ortho nitro benzene ring substituents is 1. The molecule has 8 heteroatoms. The van der Waals surface area contributed by atoms with Crippen molar-refractivity contribution in [2.45, 2.75) is 52.4 Å². The quantitative estimate of drug-likeness (QED) is 0.412. The van der Waals surface area contributed by atoms with Crippen molar-refractivity contribution in [1.82, 2.24) is 4.98 Å². The van der Waals surface area contributed by atoms with Crippen LogP contribution in [0.5, 0.6) is 0 Å². The first kappa shape index (κ1) is 21.8. The molecule has 8 nitrogen and oxygen atoms in total. The highest BCUT2D eigenvalue weighted by atomic mass is 16.6. The number of nitro groups is 1. The van der Waals surface area contributed by atoms with Crippen LogP contribution in [-0.2, 0) is 22.4 Å². The molecule has 0 bridgehead atoms. The predicted molar refractivity (Wildman–Crippen MR) is 122 cm³/mol. The number of carbonyl (C=O) groups is 1. The van der Waals surface area contributed by atoms with Gasteiger partial charge in [-0.3, -0.25) is 10.1 Å². The van der Waals surface area contributed by atoms with Crippen LogP contribution in [0.25, 0.3) is 0 Å². The molecule has 1 atom stereocenters. The van der Waals surface area contributed by atoms with Gasteiger partial charge in [0.1, 0.15) is 5.82 Å². The molecule has 0 spiro atoms. The summed E-state index contributed by atoms with van der Waals surface area (Å²) in [6.07, 6.45) is 3.18. The first-order valence-corrected chi connectivity index (χ1v) is 10.8. The smallest absolute Gasteiger partial charge is 0.336 e. The molecule has 0 amide bonds. The number of hydrogen-bond acceptors (Lipinski definition) is 7. The fourth-order valence-corrected chi connectivity index (χ4v) is 4.83. The van der Waals surface area contributed by atoms with E-state index in [0.717, 1.165) is 30.5 Å². The minimum absolute atomic E-state index is 0.0459. The molecule has 1 aromatic carbocycles. The zero-order valence-corrected chi connectivity index (χ0v) is 18.8. The second kappa shape index (κ2) is 7.93. The molecule has 32 heavy (non-hydrogen) atoms. The van der Waals surface area contributed by atoms with E-state index >= 15 is 0 Å². The maximum atomic E-state index is 12.9. The summed E-state index contributed by atoms with van der Waals surface area (Å²) in [4.78, 5) is 28.9. The highest BCUT2D eigenvalue weighted by Crippen LogP contribution is 2.49. The van der Waals surface area contributed by atoms with E-state index in [9.17, 15) is 14.9 Å². The summed E-state index contributed by atoms with van der Waals surface area (Å²) in [5.41, 5.74) is 11.8. The summed E-state index contributed by atoms with van der Waals surface area (Å²) in [6, 6.07) is 6.34. The molecule has 0 saturated carbocycles. The van der Waals surface area contributed by atoms with Gasteiger partial charge in [0.15, 0.2) is 0 Å². The van der Waals surface area contributed by atoms with Crippen LogP contribution >= 0.6 is 0 Å². The number of nitrogens with two attached hydrogens (primary N) is 1. The Balaban J connectivity index is 2.01. The Hall–Kier alpha value is -3.42. The Kier molecular flexibility index (Phi) is 5.40. The molecule has 2 aliphatic rings. The number of benzene rings is 1. The van der Waals surface area contributed by atoms with Crippen LogP contribution in [0, 0.1) is 15.5 Å². The number of pyridine rings is 1. The van der Waals surface area contributed by atoms with Crippen molar-refractivity contribution in [3.8, 4) is 0 Å². The summed E-state index contributed by atoms with van der Waals surface area (Å²) in [6.45, 7) is 6.35. The lowest BCUT2D eigenvalue weighted by Crippen LogP contribution is -2.30. The molecule has 4 rings (SSSR count). The summed E-state index contributed by atoms with van der Waals surface area (Å²) in [5.74, 6) is -0.493. The van der Waals surface area contributed by atoms with E-state index in [4.69, 9.17) is 15.5 Å². The molecule has 168 valence electrons. The zero-order chi connectivity index (χ0) is 23.2. The first-order valence-electron chi connectivity index (χ1n) is 10.8. The van der Waals surface area contributed by atoms with E-state index in [1.807, 2.05) is 6.92 Å². The fourth-order valence-electron chi connectivity index (χ4n) is 4.83. The number of rotatable bonds is 4. The number of carbonyl (C=O) groups excluding carboxylic acids is 1. The molecule has 1 aliphatic carbocycles. The van der Waals surface area contributed by atoms with Crippen molar-refractivity contribution in [1.29, 1.82) is 0 Å². The van der Waals surface area contributed by atoms with Crippen LogP contribution in [0.4, 0.5) is 17.2 Å². The molecule has 2 aromatic rings. The van der Waals surface area contributed by atoms with Crippen LogP contribution in [0.2, 0.25) is 0 Å². The minimum Gasteiger partial charge on any atom is -0.466 e. The molecule has 0 saturated heterocycles. The van der Waals surface area contributed by atoms with E-state index in [0.29, 0.717) is 40.3 Å². The second-order valence-corrected chi connectivity index (χ2v) is 9.20. The third-order valence-electron chi connectivity index (χ3n) is 6.50. The van der Waals surface area contributed by atoms with Crippen LogP contribution < -0.4 is 11.1 Å². The molecule has 2 heterocycles. The minimum atomic E-state index is -0.614. The third-order valence-corrected chi connectivity index (χ3v) is 6.50. The third kappa shape index (κ3) is 3.59. The van der Waals surface area contributed by atoms with E-state index in [1.165, 1.54) is 19.2 Å².